The van der Waals surface area contributed by atoms with E-state index < -0.39 is 5.60 Å². The van der Waals surface area contributed by atoms with Gasteiger partial charge in [0.05, 0.1) is 6.54 Å². The Morgan fingerprint density at radius 3 is 2.77 bits per heavy atom. The molecule has 1 aliphatic rings. The van der Waals surface area contributed by atoms with E-state index in [0.717, 1.165) is 24.0 Å². The predicted molar refractivity (Wildman–Crippen MR) is 87.4 cm³/mol. The molecule has 1 unspecified atom stereocenters. The van der Waals surface area contributed by atoms with Crippen LogP contribution in [0.2, 0.25) is 5.02 Å². The minimum Gasteiger partial charge on any atom is -0.383 e. The molecule has 1 N–H and O–H groups in total. The Kier molecular flexibility index (Phi) is 4.06. The van der Waals surface area contributed by atoms with Crippen LogP contribution in [0.1, 0.15) is 37.8 Å². The number of halogens is 1. The summed E-state index contributed by atoms with van der Waals surface area (Å²) < 4.78 is 1.67. The van der Waals surface area contributed by atoms with Gasteiger partial charge in [-0.3, -0.25) is 0 Å². The fourth-order valence-electron chi connectivity index (χ4n) is 2.86. The quantitative estimate of drug-likeness (QED) is 0.915. The molecule has 0 spiro atoms. The van der Waals surface area contributed by atoms with Gasteiger partial charge in [-0.1, -0.05) is 35.4 Å². The molecule has 1 saturated carbocycles. The van der Waals surface area contributed by atoms with Crippen molar-refractivity contribution in [1.29, 1.82) is 0 Å². The third-order valence-corrected chi connectivity index (χ3v) is 4.35. The second-order valence-electron chi connectivity index (χ2n) is 6.25. The summed E-state index contributed by atoms with van der Waals surface area (Å²) in [6.45, 7) is 4.47. The third-order valence-electron chi connectivity index (χ3n) is 4.04. The number of hydrogen-bond donors (Lipinski definition) is 1. The summed E-state index contributed by atoms with van der Waals surface area (Å²) in [6, 6.07) is 5.85. The van der Waals surface area contributed by atoms with E-state index in [1.807, 2.05) is 32.0 Å². The molecule has 1 aromatic heterocycles. The molecule has 5 heteroatoms. The van der Waals surface area contributed by atoms with Gasteiger partial charge in [0.25, 0.3) is 0 Å². The van der Waals surface area contributed by atoms with E-state index in [2.05, 4.69) is 16.2 Å². The van der Waals surface area contributed by atoms with E-state index in [-0.39, 0.29) is 5.92 Å². The topological polar surface area (TPSA) is 50.9 Å². The van der Waals surface area contributed by atoms with Gasteiger partial charge >= 0.3 is 0 Å². The highest BCUT2D eigenvalue weighted by Gasteiger charge is 2.46. The number of allylic oxidation sites excluding steroid dienone is 1. The Labute approximate surface area is 135 Å². The van der Waals surface area contributed by atoms with Crippen LogP contribution in [-0.2, 0) is 12.1 Å². The van der Waals surface area contributed by atoms with Crippen LogP contribution < -0.4 is 0 Å². The van der Waals surface area contributed by atoms with Crippen molar-refractivity contribution >= 4 is 17.7 Å². The normalized spacial score (nSPS) is 17.1. The van der Waals surface area contributed by atoms with Gasteiger partial charge in [0.1, 0.15) is 18.3 Å². The van der Waals surface area contributed by atoms with Crippen LogP contribution in [0.4, 0.5) is 0 Å². The molecule has 4 nitrogen and oxygen atoms in total. The molecule has 0 bridgehead atoms. The molecular weight excluding hydrogens is 298 g/mol. The van der Waals surface area contributed by atoms with Crippen molar-refractivity contribution in [2.75, 3.05) is 0 Å². The van der Waals surface area contributed by atoms with Gasteiger partial charge in [0.15, 0.2) is 0 Å². The molecule has 1 aromatic carbocycles. The predicted octanol–water partition coefficient (Wildman–Crippen LogP) is 3.65. The van der Waals surface area contributed by atoms with Crippen LogP contribution in [0.3, 0.4) is 0 Å². The molecule has 0 amide bonds. The molecule has 1 atom stereocenters. The number of nitrogens with zero attached hydrogens (tertiary/aromatic N) is 3. The second kappa shape index (κ2) is 5.86. The summed E-state index contributed by atoms with van der Waals surface area (Å²) in [4.78, 5) is 3.95. The van der Waals surface area contributed by atoms with E-state index in [1.54, 1.807) is 11.0 Å². The summed E-state index contributed by atoms with van der Waals surface area (Å²) in [5, 5.41) is 16.0. The molecule has 22 heavy (non-hydrogen) atoms. The van der Waals surface area contributed by atoms with Crippen molar-refractivity contribution in [1.82, 2.24) is 14.8 Å². The number of benzene rings is 1. The Bertz CT molecular complexity index is 688. The first-order chi connectivity index (χ1) is 10.5. The van der Waals surface area contributed by atoms with Crippen molar-refractivity contribution in [3.8, 4) is 0 Å². The average molecular weight is 318 g/mol. The molecule has 1 aliphatic carbocycles. The minimum atomic E-state index is -0.992. The molecule has 0 saturated heterocycles. The maximum Gasteiger partial charge on any atom is 0.137 e. The lowest BCUT2D eigenvalue weighted by molar-refractivity contribution is -0.00766. The van der Waals surface area contributed by atoms with Gasteiger partial charge in [-0.05, 0) is 44.2 Å². The first-order valence-electron chi connectivity index (χ1n) is 7.49. The van der Waals surface area contributed by atoms with Crippen molar-refractivity contribution in [2.24, 2.45) is 5.92 Å². The molecular formula is C17H20ClN3O. The highest BCUT2D eigenvalue weighted by molar-refractivity contribution is 6.31. The smallest absolute Gasteiger partial charge is 0.137 e. The molecule has 1 fully saturated rings. The second-order valence-corrected chi connectivity index (χ2v) is 6.66. The number of rotatable bonds is 5. The van der Waals surface area contributed by atoms with Crippen LogP contribution in [0, 0.1) is 5.92 Å². The monoisotopic (exact) mass is 317 g/mol. The van der Waals surface area contributed by atoms with Crippen LogP contribution in [0.25, 0.3) is 6.08 Å². The number of aromatic nitrogens is 3. The lowest BCUT2D eigenvalue weighted by Crippen LogP contribution is -2.34. The molecule has 0 aliphatic heterocycles. The summed E-state index contributed by atoms with van der Waals surface area (Å²) in [7, 11) is 0. The van der Waals surface area contributed by atoms with Crippen LogP contribution in [0.5, 0.6) is 0 Å². The van der Waals surface area contributed by atoms with Crippen molar-refractivity contribution < 1.29 is 5.11 Å². The highest BCUT2D eigenvalue weighted by Crippen LogP contribution is 2.48. The van der Waals surface area contributed by atoms with E-state index in [4.69, 9.17) is 11.6 Å². The molecule has 1 heterocycles. The number of aliphatic hydroxyl groups is 1. The minimum absolute atomic E-state index is 0.225. The van der Waals surface area contributed by atoms with Gasteiger partial charge in [0, 0.05) is 10.6 Å². The van der Waals surface area contributed by atoms with Crippen LogP contribution >= 0.6 is 11.6 Å². The van der Waals surface area contributed by atoms with E-state index in [1.165, 1.54) is 11.9 Å². The maximum atomic E-state index is 11.3. The fraction of sp³-hybridized carbons (Fsp3) is 0.412. The average Bonchev–Trinajstić information content (AvgIpc) is 3.18. The highest BCUT2D eigenvalue weighted by atomic mass is 35.5. The van der Waals surface area contributed by atoms with Crippen molar-refractivity contribution in [3.05, 3.63) is 52.6 Å². The van der Waals surface area contributed by atoms with Gasteiger partial charge in [-0.2, -0.15) is 5.10 Å². The lowest BCUT2D eigenvalue weighted by atomic mass is 9.88. The summed E-state index contributed by atoms with van der Waals surface area (Å²) >= 11 is 6.47. The van der Waals surface area contributed by atoms with E-state index in [0.29, 0.717) is 11.6 Å². The number of hydrogen-bond acceptors (Lipinski definition) is 3. The van der Waals surface area contributed by atoms with Crippen LogP contribution in [-0.4, -0.2) is 19.9 Å². The first kappa shape index (κ1) is 15.3. The Hall–Kier alpha value is -1.65. The molecule has 116 valence electrons. The SMILES string of the molecule is CC(C)=Cc1ccc(C(O)(Cn2cncn2)C2CC2)c(Cl)c1. The molecule has 0 radical (unpaired) electrons. The van der Waals surface area contributed by atoms with Gasteiger partial charge in [-0.25, -0.2) is 9.67 Å². The summed E-state index contributed by atoms with van der Waals surface area (Å²) in [6.07, 6.45) is 7.20. The first-order valence-corrected chi connectivity index (χ1v) is 7.86. The standard InChI is InChI=1S/C17H20ClN3O/c1-12(2)7-13-3-6-15(16(18)8-13)17(22,14-4-5-14)9-21-11-19-10-20-21/h3,6-8,10-11,14,22H,4-5,9H2,1-2H3. The zero-order chi connectivity index (χ0) is 15.7. The maximum absolute atomic E-state index is 11.3. The zero-order valence-corrected chi connectivity index (χ0v) is 13.6. The van der Waals surface area contributed by atoms with E-state index >= 15 is 0 Å². The Morgan fingerprint density at radius 1 is 1.45 bits per heavy atom. The lowest BCUT2D eigenvalue weighted by Gasteiger charge is -2.29. The van der Waals surface area contributed by atoms with Crippen molar-refractivity contribution in [3.63, 3.8) is 0 Å². The van der Waals surface area contributed by atoms with Crippen LogP contribution in [0.15, 0.2) is 36.4 Å². The molecule has 2 aromatic rings. The summed E-state index contributed by atoms with van der Waals surface area (Å²) in [5.41, 5.74) is 2.04. The van der Waals surface area contributed by atoms with Gasteiger partial charge < -0.3 is 5.11 Å². The van der Waals surface area contributed by atoms with Gasteiger partial charge in [0.2, 0.25) is 0 Å². The van der Waals surface area contributed by atoms with Crippen molar-refractivity contribution in [2.45, 2.75) is 38.8 Å². The summed E-state index contributed by atoms with van der Waals surface area (Å²) in [5.74, 6) is 0.225. The Morgan fingerprint density at radius 2 is 2.23 bits per heavy atom. The largest absolute Gasteiger partial charge is 0.383 e. The van der Waals surface area contributed by atoms with Gasteiger partial charge in [-0.15, -0.1) is 0 Å². The Balaban J connectivity index is 1.96. The third kappa shape index (κ3) is 3.08. The fourth-order valence-corrected chi connectivity index (χ4v) is 3.21. The van der Waals surface area contributed by atoms with E-state index in [9.17, 15) is 5.11 Å². The molecule has 3 rings (SSSR count). The zero-order valence-electron chi connectivity index (χ0n) is 12.8.